The number of methoxy groups -OCH3 is 1. The van der Waals surface area contributed by atoms with Crippen molar-refractivity contribution in [1.29, 1.82) is 0 Å². The third kappa shape index (κ3) is 7.39. The second-order valence-electron chi connectivity index (χ2n) is 8.02. The molecule has 8 nitrogen and oxygen atoms in total. The number of likely N-dealkylation sites (tertiary alicyclic amines) is 1. The molecule has 2 N–H and O–H groups in total. The Morgan fingerprint density at radius 1 is 1.21 bits per heavy atom. The van der Waals surface area contributed by atoms with Gasteiger partial charge < -0.3 is 19.9 Å². The van der Waals surface area contributed by atoms with Crippen LogP contribution in [-0.2, 0) is 17.7 Å². The van der Waals surface area contributed by atoms with Crippen molar-refractivity contribution in [3.05, 3.63) is 12.2 Å². The van der Waals surface area contributed by atoms with E-state index in [1.807, 2.05) is 0 Å². The third-order valence-corrected chi connectivity index (χ3v) is 5.31. The van der Waals surface area contributed by atoms with E-state index in [2.05, 4.69) is 51.1 Å². The van der Waals surface area contributed by atoms with Gasteiger partial charge in [0.1, 0.15) is 12.2 Å². The van der Waals surface area contributed by atoms with Crippen LogP contribution in [0.25, 0.3) is 0 Å². The highest BCUT2D eigenvalue weighted by Crippen LogP contribution is 2.20. The molecule has 160 valence electrons. The van der Waals surface area contributed by atoms with Gasteiger partial charge in [0.25, 0.3) is 0 Å². The Hall–Kier alpha value is -1.67. The summed E-state index contributed by atoms with van der Waals surface area (Å²) in [5, 5.41) is 15.0. The zero-order chi connectivity index (χ0) is 20.2. The van der Waals surface area contributed by atoms with Gasteiger partial charge in [0.2, 0.25) is 0 Å². The van der Waals surface area contributed by atoms with Gasteiger partial charge in [-0.25, -0.2) is 0 Å². The molecule has 1 aromatic rings. The molecule has 0 saturated carbocycles. The van der Waals surface area contributed by atoms with Gasteiger partial charge in [-0.05, 0) is 46.2 Å². The molecule has 1 aliphatic rings. The molecule has 8 heteroatoms. The summed E-state index contributed by atoms with van der Waals surface area (Å²) in [6, 6.07) is 0. The molecule has 2 heterocycles. The number of ether oxygens (including phenoxy) is 1. The molecule has 0 atom stereocenters. The molecule has 0 radical (unpaired) electrons. The van der Waals surface area contributed by atoms with Crippen molar-refractivity contribution in [2.24, 2.45) is 4.99 Å². The van der Waals surface area contributed by atoms with E-state index in [0.717, 1.165) is 57.4 Å². The lowest BCUT2D eigenvalue weighted by Gasteiger charge is -2.40. The van der Waals surface area contributed by atoms with Gasteiger partial charge in [-0.1, -0.05) is 13.3 Å². The maximum absolute atomic E-state index is 5.15. The molecule has 1 fully saturated rings. The summed E-state index contributed by atoms with van der Waals surface area (Å²) in [7, 11) is 1.73. The third-order valence-electron chi connectivity index (χ3n) is 5.31. The largest absolute Gasteiger partial charge is 0.385 e. The minimum Gasteiger partial charge on any atom is -0.385 e. The second-order valence-corrected chi connectivity index (χ2v) is 8.02. The highest BCUT2D eigenvalue weighted by atomic mass is 16.5. The highest BCUT2D eigenvalue weighted by Gasteiger charge is 2.27. The number of hydrogen-bond acceptors (Lipinski definition) is 5. The van der Waals surface area contributed by atoms with Gasteiger partial charge >= 0.3 is 0 Å². The zero-order valence-electron chi connectivity index (χ0n) is 18.2. The molecule has 2 rings (SSSR count). The molecule has 1 aromatic heterocycles. The fourth-order valence-electron chi connectivity index (χ4n) is 3.50. The van der Waals surface area contributed by atoms with Gasteiger partial charge in [-0.3, -0.25) is 9.89 Å². The standard InChI is InChI=1S/C20H39N7O/c1-5-18-25-24-17-26(18)14-11-22-19(21-10-9-15-28-4)23-16-20(2,3)27-12-7-6-8-13-27/h17H,5-16H2,1-4H3,(H2,21,22,23). The summed E-state index contributed by atoms with van der Waals surface area (Å²) in [6.07, 6.45) is 7.59. The highest BCUT2D eigenvalue weighted by molar-refractivity contribution is 5.79. The summed E-state index contributed by atoms with van der Waals surface area (Å²) >= 11 is 0. The Kier molecular flexibility index (Phi) is 9.70. The van der Waals surface area contributed by atoms with E-state index < -0.39 is 0 Å². The van der Waals surface area contributed by atoms with Crippen LogP contribution in [0.1, 0.15) is 52.3 Å². The Bertz CT molecular complexity index is 579. The first-order chi connectivity index (χ1) is 13.6. The van der Waals surface area contributed by atoms with Crippen LogP contribution in [0.15, 0.2) is 11.3 Å². The van der Waals surface area contributed by atoms with Gasteiger partial charge in [0, 0.05) is 45.3 Å². The maximum Gasteiger partial charge on any atom is 0.191 e. The van der Waals surface area contributed by atoms with Crippen LogP contribution in [0.5, 0.6) is 0 Å². The number of hydrogen-bond donors (Lipinski definition) is 2. The molecule has 28 heavy (non-hydrogen) atoms. The molecule has 0 unspecified atom stereocenters. The first-order valence-electron chi connectivity index (χ1n) is 10.7. The van der Waals surface area contributed by atoms with Crippen molar-refractivity contribution in [2.45, 2.75) is 65.0 Å². The van der Waals surface area contributed by atoms with Crippen LogP contribution in [0.4, 0.5) is 0 Å². The number of nitrogens with zero attached hydrogens (tertiary/aromatic N) is 5. The quantitative estimate of drug-likeness (QED) is 0.338. The SMILES string of the molecule is CCc1nncn1CCNC(=NCC(C)(C)N1CCCCC1)NCCCOC. The van der Waals surface area contributed by atoms with Crippen molar-refractivity contribution in [3.8, 4) is 0 Å². The molecule has 0 spiro atoms. The minimum atomic E-state index is 0.0746. The van der Waals surface area contributed by atoms with E-state index in [1.165, 1.54) is 32.4 Å². The second kappa shape index (κ2) is 12.0. The van der Waals surface area contributed by atoms with Gasteiger partial charge in [-0.15, -0.1) is 10.2 Å². The Balaban J connectivity index is 1.89. The predicted octanol–water partition coefficient (Wildman–Crippen LogP) is 1.68. The fraction of sp³-hybridized carbons (Fsp3) is 0.850. The van der Waals surface area contributed by atoms with Crippen molar-refractivity contribution < 1.29 is 4.74 Å². The fourth-order valence-corrected chi connectivity index (χ4v) is 3.50. The first-order valence-corrected chi connectivity index (χ1v) is 10.7. The van der Waals surface area contributed by atoms with E-state index in [9.17, 15) is 0 Å². The summed E-state index contributed by atoms with van der Waals surface area (Å²) in [4.78, 5) is 7.48. The van der Waals surface area contributed by atoms with Crippen molar-refractivity contribution in [1.82, 2.24) is 30.3 Å². The number of piperidine rings is 1. The molecule has 1 aliphatic heterocycles. The van der Waals surface area contributed by atoms with Crippen LogP contribution in [0, 0.1) is 0 Å². The minimum absolute atomic E-state index is 0.0746. The van der Waals surface area contributed by atoms with Crippen LogP contribution < -0.4 is 10.6 Å². The lowest BCUT2D eigenvalue weighted by atomic mass is 9.99. The number of guanidine groups is 1. The van der Waals surface area contributed by atoms with Crippen LogP contribution >= 0.6 is 0 Å². The monoisotopic (exact) mass is 393 g/mol. The summed E-state index contributed by atoms with van der Waals surface area (Å²) in [6.45, 7) is 13.0. The predicted molar refractivity (Wildman–Crippen MR) is 114 cm³/mol. The molecule has 0 bridgehead atoms. The smallest absolute Gasteiger partial charge is 0.191 e. The van der Waals surface area contributed by atoms with Gasteiger partial charge in [0.05, 0.1) is 6.54 Å². The zero-order valence-corrected chi connectivity index (χ0v) is 18.2. The van der Waals surface area contributed by atoms with E-state index in [4.69, 9.17) is 9.73 Å². The number of aliphatic imine (C=N–C) groups is 1. The summed E-state index contributed by atoms with van der Waals surface area (Å²) in [5.74, 6) is 1.88. The maximum atomic E-state index is 5.15. The number of aromatic nitrogens is 3. The summed E-state index contributed by atoms with van der Waals surface area (Å²) < 4.78 is 7.24. The van der Waals surface area contributed by atoms with E-state index in [1.54, 1.807) is 13.4 Å². The van der Waals surface area contributed by atoms with Crippen molar-refractivity contribution >= 4 is 5.96 Å². The Morgan fingerprint density at radius 2 is 1.96 bits per heavy atom. The van der Waals surface area contributed by atoms with Crippen molar-refractivity contribution in [2.75, 3.05) is 46.4 Å². The Morgan fingerprint density at radius 3 is 2.68 bits per heavy atom. The van der Waals surface area contributed by atoms with E-state index in [-0.39, 0.29) is 5.54 Å². The lowest BCUT2D eigenvalue weighted by molar-refractivity contribution is 0.102. The van der Waals surface area contributed by atoms with Crippen LogP contribution in [-0.4, -0.2) is 77.6 Å². The topological polar surface area (TPSA) is 79.6 Å². The molecule has 0 amide bonds. The number of aryl methyl sites for hydroxylation is 1. The summed E-state index contributed by atoms with van der Waals surface area (Å²) in [5.41, 5.74) is 0.0746. The lowest BCUT2D eigenvalue weighted by Crippen LogP contribution is -2.49. The van der Waals surface area contributed by atoms with Gasteiger partial charge in [-0.2, -0.15) is 0 Å². The van der Waals surface area contributed by atoms with Crippen LogP contribution in [0.3, 0.4) is 0 Å². The molecule has 0 aliphatic carbocycles. The van der Waals surface area contributed by atoms with E-state index >= 15 is 0 Å². The molecular weight excluding hydrogens is 354 g/mol. The average Bonchev–Trinajstić information content (AvgIpc) is 3.17. The molecular formula is C20H39N7O. The van der Waals surface area contributed by atoms with Crippen molar-refractivity contribution in [3.63, 3.8) is 0 Å². The van der Waals surface area contributed by atoms with Gasteiger partial charge in [0.15, 0.2) is 5.96 Å². The average molecular weight is 394 g/mol. The van der Waals surface area contributed by atoms with E-state index in [0.29, 0.717) is 0 Å². The Labute approximate surface area is 170 Å². The first kappa shape index (κ1) is 22.6. The molecule has 1 saturated heterocycles. The molecule has 0 aromatic carbocycles. The normalized spacial score (nSPS) is 16.4. The van der Waals surface area contributed by atoms with Crippen LogP contribution in [0.2, 0.25) is 0 Å². The number of nitrogens with one attached hydrogen (secondary N) is 2. The number of rotatable bonds is 11.